The van der Waals surface area contributed by atoms with Gasteiger partial charge in [0.05, 0.1) is 11.3 Å². The quantitative estimate of drug-likeness (QED) is 0.410. The van der Waals surface area contributed by atoms with E-state index in [0.717, 1.165) is 0 Å². The molecule has 2 bridgehead atoms. The third kappa shape index (κ3) is 3.86. The molecule has 0 spiro atoms. The largest absolute Gasteiger partial charge is 0.573 e. The van der Waals surface area contributed by atoms with Crippen molar-refractivity contribution in [2.75, 3.05) is 20.2 Å². The summed E-state index contributed by atoms with van der Waals surface area (Å²) in [4.78, 5) is 26.7. The molecule has 0 aliphatic carbocycles. The summed E-state index contributed by atoms with van der Waals surface area (Å²) in [6, 6.07) is 1.06. The number of carboxylic acid groups (broad SMARTS) is 1. The second kappa shape index (κ2) is 8.37. The average molecular weight is 510 g/mol. The summed E-state index contributed by atoms with van der Waals surface area (Å²) in [5, 5.41) is 21.1. The molecule has 2 fully saturated rings. The van der Waals surface area contributed by atoms with Crippen LogP contribution in [0.4, 0.5) is 18.0 Å². The second-order valence-corrected chi connectivity index (χ2v) is 9.13. The zero-order valence-electron chi connectivity index (χ0n) is 18.5. The van der Waals surface area contributed by atoms with Crippen molar-refractivity contribution < 1.29 is 37.1 Å². The Bertz CT molecular complexity index is 1300. The van der Waals surface area contributed by atoms with E-state index < -0.39 is 23.7 Å². The maximum Gasteiger partial charge on any atom is 0.573 e. The lowest BCUT2D eigenvalue weighted by Gasteiger charge is -2.44. The number of ether oxygens (including phenoxy) is 1. The van der Waals surface area contributed by atoms with E-state index in [0.29, 0.717) is 30.0 Å². The number of oxazole rings is 1. The summed E-state index contributed by atoms with van der Waals surface area (Å²) >= 11 is 1.25. The molecular formula is C21H19F3N5O5S-. The molecule has 2 aliphatic heterocycles. The van der Waals surface area contributed by atoms with E-state index in [2.05, 4.69) is 25.2 Å². The SMILES string of the molecule is CON=C(C)c1cc(-c2nccs2)c2oc(C34CCC(CNC3)N4C(=O)[O-])nc2c1OC(F)(F)F. The Morgan fingerprint density at radius 3 is 2.91 bits per heavy atom. The van der Waals surface area contributed by atoms with E-state index in [9.17, 15) is 23.1 Å². The van der Waals surface area contributed by atoms with Gasteiger partial charge in [-0.05, 0) is 25.8 Å². The first-order valence-corrected chi connectivity index (χ1v) is 11.5. The Labute approximate surface area is 200 Å². The fourth-order valence-corrected chi connectivity index (χ4v) is 5.53. The van der Waals surface area contributed by atoms with Gasteiger partial charge >= 0.3 is 6.36 Å². The number of oxime groups is 1. The monoisotopic (exact) mass is 510 g/mol. The van der Waals surface area contributed by atoms with Crippen LogP contribution >= 0.6 is 11.3 Å². The van der Waals surface area contributed by atoms with Gasteiger partial charge in [0.25, 0.3) is 0 Å². The summed E-state index contributed by atoms with van der Waals surface area (Å²) in [7, 11) is 1.27. The molecule has 14 heteroatoms. The third-order valence-corrected chi connectivity index (χ3v) is 7.03. The van der Waals surface area contributed by atoms with E-state index in [4.69, 9.17) is 9.25 Å². The number of carbonyl (C=O) groups excluding carboxylic acids is 1. The molecule has 1 amide bonds. The summed E-state index contributed by atoms with van der Waals surface area (Å²) in [6.45, 7) is 2.06. The lowest BCUT2D eigenvalue weighted by molar-refractivity contribution is -0.275. The van der Waals surface area contributed by atoms with Crippen LogP contribution in [0, 0.1) is 0 Å². The van der Waals surface area contributed by atoms with E-state index in [1.807, 2.05) is 0 Å². The number of benzene rings is 1. The summed E-state index contributed by atoms with van der Waals surface area (Å²) < 4.78 is 50.9. The molecule has 4 heterocycles. The number of thiazole rings is 1. The van der Waals surface area contributed by atoms with Gasteiger partial charge in [0, 0.05) is 36.3 Å². The number of rotatable bonds is 5. The topological polar surface area (TPSA) is 125 Å². The molecule has 2 unspecified atom stereocenters. The molecular weight excluding hydrogens is 491 g/mol. The number of nitrogens with zero attached hydrogens (tertiary/aromatic N) is 4. The maximum atomic E-state index is 13.5. The molecule has 3 aromatic rings. The van der Waals surface area contributed by atoms with Crippen molar-refractivity contribution in [3.63, 3.8) is 0 Å². The van der Waals surface area contributed by atoms with E-state index >= 15 is 0 Å². The number of carbonyl (C=O) groups is 1. The number of piperazine rings is 1. The molecule has 10 nitrogen and oxygen atoms in total. The number of halogens is 3. The molecule has 2 atom stereocenters. The van der Waals surface area contributed by atoms with Crippen molar-refractivity contribution >= 4 is 34.2 Å². The van der Waals surface area contributed by atoms with Gasteiger partial charge in [-0.25, -0.2) is 9.97 Å². The Balaban J connectivity index is 1.81. The molecule has 1 N–H and O–H groups in total. The number of hydrogen-bond acceptors (Lipinski definition) is 10. The molecule has 35 heavy (non-hydrogen) atoms. The molecule has 5 rings (SSSR count). The molecule has 0 radical (unpaired) electrons. The van der Waals surface area contributed by atoms with Crippen LogP contribution in [-0.4, -0.2) is 59.3 Å². The van der Waals surface area contributed by atoms with Crippen molar-refractivity contribution in [1.29, 1.82) is 0 Å². The minimum absolute atomic E-state index is 0.00939. The fraction of sp³-hybridized carbons (Fsp3) is 0.429. The van der Waals surface area contributed by atoms with Gasteiger partial charge in [-0.3, -0.25) is 0 Å². The van der Waals surface area contributed by atoms with Crippen LogP contribution in [-0.2, 0) is 10.4 Å². The average Bonchev–Trinajstić information content (AvgIpc) is 3.51. The van der Waals surface area contributed by atoms with Crippen molar-refractivity contribution in [3.8, 4) is 16.3 Å². The van der Waals surface area contributed by atoms with Gasteiger partial charge in [-0.1, -0.05) is 5.16 Å². The van der Waals surface area contributed by atoms with E-state index in [-0.39, 0.29) is 40.9 Å². The van der Waals surface area contributed by atoms with Gasteiger partial charge in [-0.2, -0.15) is 0 Å². The number of hydrogen-bond donors (Lipinski definition) is 1. The highest BCUT2D eigenvalue weighted by Gasteiger charge is 2.53. The van der Waals surface area contributed by atoms with Crippen LogP contribution in [0.3, 0.4) is 0 Å². The number of aromatic nitrogens is 2. The van der Waals surface area contributed by atoms with Crippen LogP contribution < -0.4 is 15.2 Å². The van der Waals surface area contributed by atoms with Crippen molar-refractivity contribution in [3.05, 3.63) is 29.1 Å². The smallest absolute Gasteiger partial charge is 0.530 e. The van der Waals surface area contributed by atoms with Crippen LogP contribution in [0.1, 0.15) is 31.2 Å². The predicted molar refractivity (Wildman–Crippen MR) is 116 cm³/mol. The summed E-state index contributed by atoms with van der Waals surface area (Å²) in [6.07, 6.45) is -4.01. The first-order chi connectivity index (χ1) is 16.6. The second-order valence-electron chi connectivity index (χ2n) is 8.23. The van der Waals surface area contributed by atoms with Crippen LogP contribution in [0.25, 0.3) is 21.7 Å². The lowest BCUT2D eigenvalue weighted by Crippen LogP contribution is -2.63. The standard InChI is InChI=1S/C21H20F3N5O5S/c1-10(28-32-2)12-7-13(17-26-5-6-35-17)15-14(16(12)34-21(22,23)24)27-18(33-15)20-4-3-11(8-25-9-20)29(20)19(30)31/h5-7,11,25H,3-4,8-9H2,1-2H3,(H,30,31)/p-1. The number of fused-ring (bicyclic) bond motifs is 3. The van der Waals surface area contributed by atoms with Crippen LogP contribution in [0.2, 0.25) is 0 Å². The number of amides is 1. The van der Waals surface area contributed by atoms with Gasteiger partial charge in [0.15, 0.2) is 16.8 Å². The first-order valence-electron chi connectivity index (χ1n) is 10.6. The Morgan fingerprint density at radius 1 is 1.46 bits per heavy atom. The molecule has 2 aliphatic rings. The molecule has 186 valence electrons. The minimum atomic E-state index is -5.04. The molecule has 2 aromatic heterocycles. The van der Waals surface area contributed by atoms with Crippen LogP contribution in [0.5, 0.6) is 5.75 Å². The van der Waals surface area contributed by atoms with E-state index in [1.165, 1.54) is 36.3 Å². The van der Waals surface area contributed by atoms with Crippen molar-refractivity contribution in [2.45, 2.75) is 37.7 Å². The predicted octanol–water partition coefficient (Wildman–Crippen LogP) is 2.83. The van der Waals surface area contributed by atoms with Crippen LogP contribution in [0.15, 0.2) is 27.2 Å². The van der Waals surface area contributed by atoms with Crippen molar-refractivity contribution in [1.82, 2.24) is 20.2 Å². The number of nitrogens with one attached hydrogen (secondary N) is 1. The minimum Gasteiger partial charge on any atom is -0.530 e. The lowest BCUT2D eigenvalue weighted by atomic mass is 9.95. The Hall–Kier alpha value is -3.39. The zero-order chi connectivity index (χ0) is 25.0. The highest BCUT2D eigenvalue weighted by atomic mass is 32.1. The van der Waals surface area contributed by atoms with Gasteiger partial charge in [0.2, 0.25) is 5.89 Å². The fourth-order valence-electron chi connectivity index (χ4n) is 4.87. The highest BCUT2D eigenvalue weighted by Crippen LogP contribution is 2.47. The first kappa shape index (κ1) is 23.4. The van der Waals surface area contributed by atoms with E-state index in [1.54, 1.807) is 11.6 Å². The normalized spacial score (nSPS) is 22.6. The molecule has 2 saturated heterocycles. The molecule has 0 saturated carbocycles. The maximum absolute atomic E-state index is 13.5. The summed E-state index contributed by atoms with van der Waals surface area (Å²) in [5.41, 5.74) is -1.03. The van der Waals surface area contributed by atoms with Gasteiger partial charge in [-0.15, -0.1) is 24.5 Å². The zero-order valence-corrected chi connectivity index (χ0v) is 19.3. The number of alkyl halides is 3. The van der Waals surface area contributed by atoms with Gasteiger partial charge < -0.3 is 34.1 Å². The third-order valence-electron chi connectivity index (χ3n) is 6.23. The summed E-state index contributed by atoms with van der Waals surface area (Å²) in [5.74, 6) is -0.675. The van der Waals surface area contributed by atoms with Crippen molar-refractivity contribution in [2.24, 2.45) is 5.16 Å². The Kier molecular flexibility index (Phi) is 5.59. The highest BCUT2D eigenvalue weighted by molar-refractivity contribution is 7.13. The Morgan fingerprint density at radius 2 is 2.26 bits per heavy atom. The van der Waals surface area contributed by atoms with Gasteiger partial charge in [0.1, 0.15) is 23.7 Å². The molecule has 1 aromatic carbocycles.